The van der Waals surface area contributed by atoms with Gasteiger partial charge >= 0.3 is 0 Å². The van der Waals surface area contributed by atoms with Crippen molar-refractivity contribution in [3.05, 3.63) is 95.0 Å². The van der Waals surface area contributed by atoms with Gasteiger partial charge in [-0.05, 0) is 29.3 Å². The number of carbonyl (C=O) groups excluding carboxylic acids is 1. The number of rotatable bonds is 6. The van der Waals surface area contributed by atoms with E-state index in [0.29, 0.717) is 18.0 Å². The van der Waals surface area contributed by atoms with E-state index in [9.17, 15) is 4.79 Å². The molecular weight excluding hydrogens is 346 g/mol. The SMILES string of the molecule is CN(Cc1ccncn1)C(=O)C[C@H](c1ccccc1)c1ccc(Cl)cc1. The minimum atomic E-state index is -0.0196. The van der Waals surface area contributed by atoms with Gasteiger partial charge in [0.1, 0.15) is 6.33 Å². The Hall–Kier alpha value is -2.72. The molecule has 0 unspecified atom stereocenters. The zero-order chi connectivity index (χ0) is 18.4. The van der Waals surface area contributed by atoms with Crippen LogP contribution >= 0.6 is 11.6 Å². The van der Waals surface area contributed by atoms with Gasteiger partial charge in [0.2, 0.25) is 5.91 Å². The molecule has 0 fully saturated rings. The van der Waals surface area contributed by atoms with Gasteiger partial charge in [-0.25, -0.2) is 9.97 Å². The lowest BCUT2D eigenvalue weighted by molar-refractivity contribution is -0.130. The molecule has 0 aliphatic rings. The molecule has 132 valence electrons. The number of hydrogen-bond acceptors (Lipinski definition) is 3. The second-order valence-electron chi connectivity index (χ2n) is 6.17. The van der Waals surface area contributed by atoms with Crippen molar-refractivity contribution in [3.8, 4) is 0 Å². The first-order valence-electron chi connectivity index (χ1n) is 8.43. The lowest BCUT2D eigenvalue weighted by Gasteiger charge is -2.22. The molecule has 0 aliphatic heterocycles. The maximum absolute atomic E-state index is 12.8. The predicted octanol–water partition coefficient (Wildman–Crippen LogP) is 4.31. The molecule has 3 aromatic rings. The fraction of sp³-hybridized carbons (Fsp3) is 0.190. The Bertz CT molecular complexity index is 838. The van der Waals surface area contributed by atoms with Crippen LogP contribution in [-0.4, -0.2) is 27.8 Å². The number of hydrogen-bond donors (Lipinski definition) is 0. The predicted molar refractivity (Wildman–Crippen MR) is 103 cm³/mol. The fourth-order valence-electron chi connectivity index (χ4n) is 2.88. The molecule has 0 bridgehead atoms. The highest BCUT2D eigenvalue weighted by atomic mass is 35.5. The largest absolute Gasteiger partial charge is 0.340 e. The molecule has 0 aliphatic carbocycles. The lowest BCUT2D eigenvalue weighted by atomic mass is 9.88. The van der Waals surface area contributed by atoms with E-state index in [-0.39, 0.29) is 11.8 Å². The van der Waals surface area contributed by atoms with E-state index in [1.165, 1.54) is 6.33 Å². The van der Waals surface area contributed by atoms with E-state index in [1.807, 2.05) is 48.5 Å². The molecule has 5 heteroatoms. The third kappa shape index (κ3) is 4.67. The molecule has 0 radical (unpaired) electrons. The monoisotopic (exact) mass is 365 g/mol. The second-order valence-corrected chi connectivity index (χ2v) is 6.61. The van der Waals surface area contributed by atoms with Gasteiger partial charge in [-0.1, -0.05) is 54.1 Å². The maximum Gasteiger partial charge on any atom is 0.223 e. The third-order valence-electron chi connectivity index (χ3n) is 4.32. The Balaban J connectivity index is 1.79. The molecule has 3 rings (SSSR count). The van der Waals surface area contributed by atoms with E-state index in [0.717, 1.165) is 16.8 Å². The smallest absolute Gasteiger partial charge is 0.223 e. The van der Waals surface area contributed by atoms with Gasteiger partial charge in [0.15, 0.2) is 0 Å². The number of benzene rings is 2. The van der Waals surface area contributed by atoms with Crippen LogP contribution in [0.3, 0.4) is 0 Å². The van der Waals surface area contributed by atoms with E-state index in [4.69, 9.17) is 11.6 Å². The molecule has 0 spiro atoms. The number of nitrogens with zero attached hydrogens (tertiary/aromatic N) is 3. The maximum atomic E-state index is 12.8. The Morgan fingerprint density at radius 3 is 2.38 bits per heavy atom. The average Bonchev–Trinajstić information content (AvgIpc) is 2.68. The molecule has 1 heterocycles. The van der Waals surface area contributed by atoms with Gasteiger partial charge in [0, 0.05) is 30.6 Å². The molecule has 1 amide bonds. The van der Waals surface area contributed by atoms with E-state index in [2.05, 4.69) is 22.1 Å². The molecule has 1 aromatic heterocycles. The summed E-state index contributed by atoms with van der Waals surface area (Å²) >= 11 is 6.02. The summed E-state index contributed by atoms with van der Waals surface area (Å²) in [5.41, 5.74) is 3.00. The number of aromatic nitrogens is 2. The van der Waals surface area contributed by atoms with Crippen molar-refractivity contribution in [2.24, 2.45) is 0 Å². The lowest BCUT2D eigenvalue weighted by Crippen LogP contribution is -2.28. The fourth-order valence-corrected chi connectivity index (χ4v) is 3.01. The first-order chi connectivity index (χ1) is 12.6. The molecule has 0 saturated heterocycles. The van der Waals surface area contributed by atoms with Crippen LogP contribution in [0.5, 0.6) is 0 Å². The Labute approximate surface area is 158 Å². The first-order valence-corrected chi connectivity index (χ1v) is 8.80. The van der Waals surface area contributed by atoms with Gasteiger partial charge in [-0.2, -0.15) is 0 Å². The van der Waals surface area contributed by atoms with E-state index < -0.39 is 0 Å². The summed E-state index contributed by atoms with van der Waals surface area (Å²) in [7, 11) is 1.80. The van der Waals surface area contributed by atoms with Crippen LogP contribution in [0.2, 0.25) is 5.02 Å². The Morgan fingerprint density at radius 2 is 1.73 bits per heavy atom. The summed E-state index contributed by atoms with van der Waals surface area (Å²) in [5, 5.41) is 0.688. The van der Waals surface area contributed by atoms with Gasteiger partial charge in [-0.3, -0.25) is 4.79 Å². The summed E-state index contributed by atoms with van der Waals surface area (Å²) in [6.45, 7) is 0.462. The average molecular weight is 366 g/mol. The molecule has 1 atom stereocenters. The Morgan fingerprint density at radius 1 is 1.04 bits per heavy atom. The third-order valence-corrected chi connectivity index (χ3v) is 4.57. The molecule has 0 N–H and O–H groups in total. The highest BCUT2D eigenvalue weighted by molar-refractivity contribution is 6.30. The molecule has 4 nitrogen and oxygen atoms in total. The highest BCUT2D eigenvalue weighted by Crippen LogP contribution is 2.29. The summed E-state index contributed by atoms with van der Waals surface area (Å²) in [6.07, 6.45) is 3.56. The number of amides is 1. The summed E-state index contributed by atoms with van der Waals surface area (Å²) in [4.78, 5) is 22.6. The van der Waals surface area contributed by atoms with Crippen molar-refractivity contribution >= 4 is 17.5 Å². The molecule has 26 heavy (non-hydrogen) atoms. The van der Waals surface area contributed by atoms with Crippen LogP contribution in [-0.2, 0) is 11.3 Å². The van der Waals surface area contributed by atoms with Crippen LogP contribution in [0.1, 0.15) is 29.2 Å². The van der Waals surface area contributed by atoms with Gasteiger partial charge in [0.05, 0.1) is 12.2 Å². The van der Waals surface area contributed by atoms with Crippen molar-refractivity contribution in [1.82, 2.24) is 14.9 Å². The van der Waals surface area contributed by atoms with Crippen LogP contribution in [0, 0.1) is 0 Å². The van der Waals surface area contributed by atoms with Gasteiger partial charge in [-0.15, -0.1) is 0 Å². The molecule has 0 saturated carbocycles. The van der Waals surface area contributed by atoms with Crippen molar-refractivity contribution in [2.75, 3.05) is 7.05 Å². The highest BCUT2D eigenvalue weighted by Gasteiger charge is 2.20. The normalized spacial score (nSPS) is 11.8. The van der Waals surface area contributed by atoms with Gasteiger partial charge < -0.3 is 4.90 Å². The topological polar surface area (TPSA) is 46.1 Å². The summed E-state index contributed by atoms with van der Waals surface area (Å²) in [6, 6.07) is 19.6. The molecular formula is C21H20ClN3O. The van der Waals surface area contributed by atoms with Crippen LogP contribution in [0.4, 0.5) is 0 Å². The van der Waals surface area contributed by atoms with E-state index >= 15 is 0 Å². The Kier molecular flexibility index (Phi) is 5.97. The standard InChI is InChI=1S/C21H20ClN3O/c1-25(14-19-11-12-23-15-24-19)21(26)13-20(16-5-3-2-4-6-16)17-7-9-18(22)10-8-17/h2-12,15,20H,13-14H2,1H3/t20-/m1/s1. The zero-order valence-electron chi connectivity index (χ0n) is 14.5. The summed E-state index contributed by atoms with van der Waals surface area (Å²) in [5.74, 6) is 0.0428. The van der Waals surface area contributed by atoms with Crippen molar-refractivity contribution in [2.45, 2.75) is 18.9 Å². The quantitative estimate of drug-likeness (QED) is 0.653. The van der Waals surface area contributed by atoms with Crippen LogP contribution in [0.25, 0.3) is 0 Å². The summed E-state index contributed by atoms with van der Waals surface area (Å²) < 4.78 is 0. The molecule has 2 aromatic carbocycles. The number of carbonyl (C=O) groups is 1. The minimum absolute atomic E-state index is 0.0196. The minimum Gasteiger partial charge on any atom is -0.340 e. The first kappa shape index (κ1) is 18.1. The zero-order valence-corrected chi connectivity index (χ0v) is 15.3. The van der Waals surface area contributed by atoms with E-state index in [1.54, 1.807) is 18.1 Å². The van der Waals surface area contributed by atoms with Crippen LogP contribution < -0.4 is 0 Å². The van der Waals surface area contributed by atoms with Crippen molar-refractivity contribution in [1.29, 1.82) is 0 Å². The second kappa shape index (κ2) is 8.59. The van der Waals surface area contributed by atoms with Crippen molar-refractivity contribution in [3.63, 3.8) is 0 Å². The van der Waals surface area contributed by atoms with Crippen molar-refractivity contribution < 1.29 is 4.79 Å². The number of halogens is 1. The van der Waals surface area contributed by atoms with Crippen LogP contribution in [0.15, 0.2) is 73.2 Å². The van der Waals surface area contributed by atoms with Gasteiger partial charge in [0.25, 0.3) is 0 Å².